The Morgan fingerprint density at radius 2 is 2.29 bits per heavy atom. The number of amides is 1. The highest BCUT2D eigenvalue weighted by atomic mass is 32.1. The summed E-state index contributed by atoms with van der Waals surface area (Å²) in [5.74, 6) is 0.611. The van der Waals surface area contributed by atoms with E-state index in [-0.39, 0.29) is 11.7 Å². The van der Waals surface area contributed by atoms with Gasteiger partial charge in [0.25, 0.3) is 0 Å². The fourth-order valence-electron chi connectivity index (χ4n) is 1.83. The number of aromatic nitrogens is 1. The summed E-state index contributed by atoms with van der Waals surface area (Å²) in [6, 6.07) is 8.98. The van der Waals surface area contributed by atoms with E-state index in [9.17, 15) is 4.79 Å². The number of para-hydroxylation sites is 1. The molecule has 3 aromatic rings. The minimum absolute atomic E-state index is 0.235. The molecule has 6 nitrogen and oxygen atoms in total. The number of carbonyl (C=O) groups excluding carboxylic acids is 1. The Morgan fingerprint density at radius 1 is 1.38 bits per heavy atom. The first-order valence-electron chi connectivity index (χ1n) is 6.40. The van der Waals surface area contributed by atoms with Crippen molar-refractivity contribution in [1.82, 2.24) is 10.4 Å². The van der Waals surface area contributed by atoms with E-state index in [2.05, 4.69) is 15.8 Å². The fraction of sp³-hybridized carbons (Fsp3) is 0.143. The standard InChI is InChI=1S/C14H13N3O3S/c1-2-19-9-5-3-7-11-12(9)15-14(21-11)17-16-13(18)10-6-4-8-20-10/h3-8H,2H2,1H3,(H,15,17)(H,16,18). The first kappa shape index (κ1) is 13.4. The van der Waals surface area contributed by atoms with Gasteiger partial charge in [0.15, 0.2) is 5.76 Å². The molecular formula is C14H13N3O3S. The zero-order chi connectivity index (χ0) is 14.7. The lowest BCUT2D eigenvalue weighted by atomic mass is 10.3. The van der Waals surface area contributed by atoms with Crippen molar-refractivity contribution >= 4 is 32.6 Å². The van der Waals surface area contributed by atoms with Crippen molar-refractivity contribution in [1.29, 1.82) is 0 Å². The number of hydrazine groups is 1. The lowest BCUT2D eigenvalue weighted by Gasteiger charge is -2.03. The van der Waals surface area contributed by atoms with Crippen LogP contribution in [0.1, 0.15) is 17.5 Å². The molecule has 0 saturated heterocycles. The Bertz CT molecular complexity index is 752. The summed E-state index contributed by atoms with van der Waals surface area (Å²) in [4.78, 5) is 16.2. The van der Waals surface area contributed by atoms with Crippen LogP contribution in [0, 0.1) is 0 Å². The molecule has 2 heterocycles. The maximum absolute atomic E-state index is 11.7. The molecule has 2 aromatic heterocycles. The van der Waals surface area contributed by atoms with Gasteiger partial charge in [0.05, 0.1) is 17.6 Å². The Kier molecular flexibility index (Phi) is 3.74. The van der Waals surface area contributed by atoms with Crippen molar-refractivity contribution in [3.05, 3.63) is 42.4 Å². The van der Waals surface area contributed by atoms with Crippen LogP contribution in [0.3, 0.4) is 0 Å². The first-order valence-corrected chi connectivity index (χ1v) is 7.22. The number of thiazole rings is 1. The van der Waals surface area contributed by atoms with Crippen molar-refractivity contribution in [3.63, 3.8) is 0 Å². The van der Waals surface area contributed by atoms with E-state index in [1.165, 1.54) is 17.6 Å². The van der Waals surface area contributed by atoms with Crippen LogP contribution in [0.15, 0.2) is 41.0 Å². The summed E-state index contributed by atoms with van der Waals surface area (Å²) in [6.45, 7) is 2.50. The molecule has 0 radical (unpaired) electrons. The Labute approximate surface area is 124 Å². The SMILES string of the molecule is CCOc1cccc2sc(NNC(=O)c3ccco3)nc12. The van der Waals surface area contributed by atoms with Gasteiger partial charge in [-0.2, -0.15) is 0 Å². The van der Waals surface area contributed by atoms with Crippen LogP contribution in [0.4, 0.5) is 5.13 Å². The largest absolute Gasteiger partial charge is 0.492 e. The van der Waals surface area contributed by atoms with Gasteiger partial charge in [-0.15, -0.1) is 0 Å². The molecule has 1 aromatic carbocycles. The average molecular weight is 303 g/mol. The molecule has 1 amide bonds. The summed E-state index contributed by atoms with van der Waals surface area (Å²) in [7, 11) is 0. The second-order valence-corrected chi connectivity index (χ2v) is 5.14. The lowest BCUT2D eigenvalue weighted by molar-refractivity contribution is 0.0935. The highest BCUT2D eigenvalue weighted by molar-refractivity contribution is 7.22. The van der Waals surface area contributed by atoms with Gasteiger partial charge in [-0.25, -0.2) is 4.98 Å². The molecule has 0 aliphatic carbocycles. The highest BCUT2D eigenvalue weighted by Crippen LogP contribution is 2.31. The van der Waals surface area contributed by atoms with Crippen LogP contribution in [0.2, 0.25) is 0 Å². The van der Waals surface area contributed by atoms with Crippen LogP contribution in [0.25, 0.3) is 10.2 Å². The molecule has 0 aliphatic rings. The van der Waals surface area contributed by atoms with E-state index < -0.39 is 0 Å². The molecule has 3 rings (SSSR count). The number of anilines is 1. The Balaban J connectivity index is 1.76. The Hall–Kier alpha value is -2.54. The minimum Gasteiger partial charge on any atom is -0.492 e. The third kappa shape index (κ3) is 2.82. The number of nitrogens with zero attached hydrogens (tertiary/aromatic N) is 1. The maximum Gasteiger partial charge on any atom is 0.305 e. The normalized spacial score (nSPS) is 10.5. The summed E-state index contributed by atoms with van der Waals surface area (Å²) in [5, 5.41) is 0.581. The van der Waals surface area contributed by atoms with Gasteiger partial charge in [0.2, 0.25) is 5.13 Å². The van der Waals surface area contributed by atoms with Gasteiger partial charge in [0.1, 0.15) is 11.3 Å². The predicted molar refractivity (Wildman–Crippen MR) is 80.6 cm³/mol. The van der Waals surface area contributed by atoms with E-state index in [1.807, 2.05) is 25.1 Å². The zero-order valence-corrected chi connectivity index (χ0v) is 12.1. The van der Waals surface area contributed by atoms with Crippen molar-refractivity contribution < 1.29 is 13.9 Å². The second-order valence-electron chi connectivity index (χ2n) is 4.11. The number of nitrogens with one attached hydrogen (secondary N) is 2. The molecule has 0 atom stereocenters. The first-order chi connectivity index (χ1) is 10.3. The topological polar surface area (TPSA) is 76.4 Å². The van der Waals surface area contributed by atoms with E-state index >= 15 is 0 Å². The van der Waals surface area contributed by atoms with Crippen LogP contribution >= 0.6 is 11.3 Å². The number of ether oxygens (including phenoxy) is 1. The monoisotopic (exact) mass is 303 g/mol. The lowest BCUT2D eigenvalue weighted by Crippen LogP contribution is -2.28. The third-order valence-corrected chi connectivity index (χ3v) is 3.65. The van der Waals surface area contributed by atoms with Crippen LogP contribution in [-0.4, -0.2) is 17.5 Å². The predicted octanol–water partition coefficient (Wildman–Crippen LogP) is 3.04. The van der Waals surface area contributed by atoms with Crippen LogP contribution in [0.5, 0.6) is 5.75 Å². The number of carbonyl (C=O) groups is 1. The molecule has 0 saturated carbocycles. The molecule has 108 valence electrons. The average Bonchev–Trinajstić information content (AvgIpc) is 3.14. The van der Waals surface area contributed by atoms with Gasteiger partial charge >= 0.3 is 5.91 Å². The number of fused-ring (bicyclic) bond motifs is 1. The summed E-state index contributed by atoms with van der Waals surface area (Å²) in [6.07, 6.45) is 1.45. The summed E-state index contributed by atoms with van der Waals surface area (Å²) >= 11 is 1.43. The number of benzene rings is 1. The Morgan fingerprint density at radius 3 is 3.05 bits per heavy atom. The second kappa shape index (κ2) is 5.84. The van der Waals surface area contributed by atoms with Gasteiger partial charge < -0.3 is 9.15 Å². The maximum atomic E-state index is 11.7. The van der Waals surface area contributed by atoms with E-state index in [0.717, 1.165) is 16.0 Å². The van der Waals surface area contributed by atoms with Crippen molar-refractivity contribution in [2.75, 3.05) is 12.0 Å². The number of hydrogen-bond acceptors (Lipinski definition) is 6. The molecule has 7 heteroatoms. The molecule has 0 unspecified atom stereocenters. The van der Waals surface area contributed by atoms with E-state index in [4.69, 9.17) is 9.15 Å². The van der Waals surface area contributed by atoms with Gasteiger partial charge in [-0.1, -0.05) is 17.4 Å². The smallest absolute Gasteiger partial charge is 0.305 e. The molecule has 0 bridgehead atoms. The quantitative estimate of drug-likeness (QED) is 0.708. The molecule has 21 heavy (non-hydrogen) atoms. The van der Waals surface area contributed by atoms with Crippen LogP contribution < -0.4 is 15.6 Å². The number of furan rings is 1. The van der Waals surface area contributed by atoms with E-state index in [0.29, 0.717) is 11.7 Å². The van der Waals surface area contributed by atoms with Gasteiger partial charge in [-0.05, 0) is 31.2 Å². The third-order valence-electron chi connectivity index (χ3n) is 2.71. The molecular weight excluding hydrogens is 290 g/mol. The van der Waals surface area contributed by atoms with Crippen molar-refractivity contribution in [2.24, 2.45) is 0 Å². The zero-order valence-electron chi connectivity index (χ0n) is 11.3. The fourth-order valence-corrected chi connectivity index (χ4v) is 2.67. The van der Waals surface area contributed by atoms with Crippen LogP contribution in [-0.2, 0) is 0 Å². The van der Waals surface area contributed by atoms with Gasteiger partial charge in [-0.3, -0.25) is 15.6 Å². The number of rotatable bonds is 5. The number of hydrogen-bond donors (Lipinski definition) is 2. The van der Waals surface area contributed by atoms with Crippen molar-refractivity contribution in [3.8, 4) is 5.75 Å². The molecule has 2 N–H and O–H groups in total. The van der Waals surface area contributed by atoms with E-state index in [1.54, 1.807) is 12.1 Å². The molecule has 0 aliphatic heterocycles. The highest BCUT2D eigenvalue weighted by Gasteiger charge is 2.11. The minimum atomic E-state index is -0.357. The van der Waals surface area contributed by atoms with Gasteiger partial charge in [0, 0.05) is 0 Å². The molecule has 0 spiro atoms. The summed E-state index contributed by atoms with van der Waals surface area (Å²) in [5.41, 5.74) is 6.10. The molecule has 0 fully saturated rings. The summed E-state index contributed by atoms with van der Waals surface area (Å²) < 4.78 is 11.5. The van der Waals surface area contributed by atoms with Crippen molar-refractivity contribution in [2.45, 2.75) is 6.92 Å².